The minimum atomic E-state index is -4.41. The third-order valence-electron chi connectivity index (χ3n) is 4.24. The molecule has 1 N–H and O–H groups in total. The normalized spacial score (nSPS) is 11.3. The van der Waals surface area contributed by atoms with Crippen LogP contribution in [0, 0.1) is 0 Å². The first-order chi connectivity index (χ1) is 13.8. The maximum Gasteiger partial charge on any atom is 0.416 e. The van der Waals surface area contributed by atoms with Crippen LogP contribution in [0.1, 0.15) is 5.56 Å². The van der Waals surface area contributed by atoms with Crippen LogP contribution in [0.4, 0.5) is 13.2 Å². The number of halogens is 3. The van der Waals surface area contributed by atoms with Crippen LogP contribution in [-0.4, -0.2) is 30.0 Å². The van der Waals surface area contributed by atoms with Crippen molar-refractivity contribution in [3.63, 3.8) is 0 Å². The highest BCUT2D eigenvalue weighted by Crippen LogP contribution is 2.31. The van der Waals surface area contributed by atoms with Gasteiger partial charge in [-0.05, 0) is 41.5 Å². The van der Waals surface area contributed by atoms with Crippen molar-refractivity contribution in [2.75, 3.05) is 20.3 Å². The van der Waals surface area contributed by atoms with Gasteiger partial charge in [0, 0.05) is 18.3 Å². The first kappa shape index (κ1) is 20.5. The number of aromatic nitrogens is 1. The Balaban J connectivity index is 1.91. The molecule has 0 aliphatic heterocycles. The van der Waals surface area contributed by atoms with Gasteiger partial charge in [0.25, 0.3) is 5.56 Å². The summed E-state index contributed by atoms with van der Waals surface area (Å²) in [5.41, 5.74) is 0.447. The van der Waals surface area contributed by atoms with Gasteiger partial charge in [-0.2, -0.15) is 13.2 Å². The summed E-state index contributed by atoms with van der Waals surface area (Å²) in [4.78, 5) is 12.6. The van der Waals surface area contributed by atoms with E-state index in [1.165, 1.54) is 29.9 Å². The van der Waals surface area contributed by atoms with Gasteiger partial charge in [-0.25, -0.2) is 0 Å². The molecule has 0 spiro atoms. The van der Waals surface area contributed by atoms with E-state index in [0.717, 1.165) is 12.1 Å². The molecule has 8 heteroatoms. The maximum absolute atomic E-state index is 12.7. The molecule has 3 aromatic rings. The van der Waals surface area contributed by atoms with E-state index in [4.69, 9.17) is 14.6 Å². The molecule has 0 amide bonds. The first-order valence-corrected chi connectivity index (χ1v) is 8.66. The molecule has 0 bridgehead atoms. The topological polar surface area (TPSA) is 60.7 Å². The van der Waals surface area contributed by atoms with Gasteiger partial charge in [-0.3, -0.25) is 9.36 Å². The lowest BCUT2D eigenvalue weighted by Crippen LogP contribution is -2.16. The van der Waals surface area contributed by atoms with E-state index in [1.54, 1.807) is 30.5 Å². The number of benzene rings is 2. The summed E-state index contributed by atoms with van der Waals surface area (Å²) in [7, 11) is 1.46. The number of pyridine rings is 1. The van der Waals surface area contributed by atoms with E-state index in [-0.39, 0.29) is 18.8 Å². The lowest BCUT2D eigenvalue weighted by atomic mass is 10.0. The molecular weight excluding hydrogens is 387 g/mol. The monoisotopic (exact) mass is 405 g/mol. The third-order valence-corrected chi connectivity index (χ3v) is 4.24. The third kappa shape index (κ3) is 4.60. The number of hydrogen-bond acceptors (Lipinski definition) is 4. The second kappa shape index (κ2) is 8.40. The molecule has 0 atom stereocenters. The highest BCUT2D eigenvalue weighted by molar-refractivity contribution is 5.63. The molecule has 5 nitrogen and oxygen atoms in total. The van der Waals surface area contributed by atoms with Gasteiger partial charge in [-0.15, -0.1) is 0 Å². The first-order valence-electron chi connectivity index (χ1n) is 8.66. The van der Waals surface area contributed by atoms with E-state index in [0.29, 0.717) is 28.3 Å². The molecule has 0 unspecified atom stereocenters. The zero-order valence-electron chi connectivity index (χ0n) is 15.4. The minimum Gasteiger partial charge on any atom is -0.493 e. The van der Waals surface area contributed by atoms with Crippen LogP contribution in [0.15, 0.2) is 65.6 Å². The van der Waals surface area contributed by atoms with Crippen molar-refractivity contribution < 1.29 is 27.8 Å². The van der Waals surface area contributed by atoms with E-state index in [2.05, 4.69) is 0 Å². The molecule has 0 aliphatic carbocycles. The summed E-state index contributed by atoms with van der Waals surface area (Å²) in [5.74, 6) is 0.828. The number of aliphatic hydroxyl groups is 1. The lowest BCUT2D eigenvalue weighted by molar-refractivity contribution is -0.137. The van der Waals surface area contributed by atoms with Crippen LogP contribution in [0.3, 0.4) is 0 Å². The van der Waals surface area contributed by atoms with E-state index < -0.39 is 11.7 Å². The fraction of sp³-hybridized carbons (Fsp3) is 0.190. The number of alkyl halides is 3. The SMILES string of the molecule is COc1cc(-n2ccc(-c3ccc(C(F)(F)F)cc3)cc2=O)ccc1OCCO. The second-order valence-corrected chi connectivity index (χ2v) is 6.11. The van der Waals surface area contributed by atoms with Crippen molar-refractivity contribution in [1.29, 1.82) is 0 Å². The average Bonchev–Trinajstić information content (AvgIpc) is 2.71. The molecule has 152 valence electrons. The van der Waals surface area contributed by atoms with Crippen LogP contribution in [0.5, 0.6) is 11.5 Å². The molecule has 0 saturated carbocycles. The smallest absolute Gasteiger partial charge is 0.416 e. The molecule has 1 heterocycles. The summed E-state index contributed by atoms with van der Waals surface area (Å²) in [6, 6.07) is 12.5. The number of methoxy groups -OCH3 is 1. The number of hydrogen-bond donors (Lipinski definition) is 1. The molecule has 29 heavy (non-hydrogen) atoms. The Morgan fingerprint density at radius 1 is 0.966 bits per heavy atom. The Kier molecular flexibility index (Phi) is 5.93. The van der Waals surface area contributed by atoms with Crippen molar-refractivity contribution in [1.82, 2.24) is 4.57 Å². The molecule has 0 fully saturated rings. The number of aliphatic hydroxyl groups excluding tert-OH is 1. The fourth-order valence-electron chi connectivity index (χ4n) is 2.80. The predicted octanol–water partition coefficient (Wildman–Crippen LogP) is 3.90. The number of rotatable bonds is 6. The lowest BCUT2D eigenvalue weighted by Gasteiger charge is -2.13. The van der Waals surface area contributed by atoms with Gasteiger partial charge in [-0.1, -0.05) is 12.1 Å². The standard InChI is InChI=1S/C21H18F3NO4/c1-28-19-13-17(6-7-18(19)29-11-10-26)25-9-8-15(12-20(25)27)14-2-4-16(5-3-14)21(22,23)24/h2-9,12-13,26H,10-11H2,1H3. The Morgan fingerprint density at radius 3 is 2.28 bits per heavy atom. The van der Waals surface area contributed by atoms with Crippen LogP contribution in [0.25, 0.3) is 16.8 Å². The zero-order chi connectivity index (χ0) is 21.0. The number of nitrogens with zero attached hydrogens (tertiary/aromatic N) is 1. The van der Waals surface area contributed by atoms with Gasteiger partial charge < -0.3 is 14.6 Å². The average molecular weight is 405 g/mol. The molecule has 2 aromatic carbocycles. The van der Waals surface area contributed by atoms with E-state index in [1.807, 2.05) is 0 Å². The van der Waals surface area contributed by atoms with Crippen molar-refractivity contribution in [2.45, 2.75) is 6.18 Å². The Hall–Kier alpha value is -3.26. The molecular formula is C21H18F3NO4. The summed E-state index contributed by atoms with van der Waals surface area (Å²) < 4.78 is 50.1. The minimum absolute atomic E-state index is 0.109. The molecule has 0 aliphatic rings. The summed E-state index contributed by atoms with van der Waals surface area (Å²) in [6.07, 6.45) is -2.87. The molecule has 3 rings (SSSR count). The van der Waals surface area contributed by atoms with Crippen LogP contribution in [0.2, 0.25) is 0 Å². The second-order valence-electron chi connectivity index (χ2n) is 6.11. The largest absolute Gasteiger partial charge is 0.493 e. The van der Waals surface area contributed by atoms with E-state index in [9.17, 15) is 18.0 Å². The van der Waals surface area contributed by atoms with Crippen molar-refractivity contribution in [3.8, 4) is 28.3 Å². The van der Waals surface area contributed by atoms with Crippen LogP contribution < -0.4 is 15.0 Å². The van der Waals surface area contributed by atoms with Gasteiger partial charge in [0.05, 0.1) is 25.0 Å². The summed E-state index contributed by atoms with van der Waals surface area (Å²) in [5, 5.41) is 8.87. The van der Waals surface area contributed by atoms with Gasteiger partial charge in [0.1, 0.15) is 6.61 Å². The van der Waals surface area contributed by atoms with Crippen molar-refractivity contribution in [2.24, 2.45) is 0 Å². The fourth-order valence-corrected chi connectivity index (χ4v) is 2.80. The summed E-state index contributed by atoms with van der Waals surface area (Å²) >= 11 is 0. The highest BCUT2D eigenvalue weighted by Gasteiger charge is 2.29. The Morgan fingerprint density at radius 2 is 1.69 bits per heavy atom. The molecule has 0 radical (unpaired) electrons. The maximum atomic E-state index is 12.7. The van der Waals surface area contributed by atoms with Crippen molar-refractivity contribution >= 4 is 0 Å². The number of ether oxygens (including phenoxy) is 2. The van der Waals surface area contributed by atoms with Crippen LogP contribution >= 0.6 is 0 Å². The Labute approximate surface area is 164 Å². The van der Waals surface area contributed by atoms with Gasteiger partial charge in [0.15, 0.2) is 11.5 Å². The van der Waals surface area contributed by atoms with E-state index >= 15 is 0 Å². The zero-order valence-corrected chi connectivity index (χ0v) is 15.4. The highest BCUT2D eigenvalue weighted by atomic mass is 19.4. The molecule has 1 aromatic heterocycles. The van der Waals surface area contributed by atoms with Crippen LogP contribution in [-0.2, 0) is 6.18 Å². The quantitative estimate of drug-likeness (QED) is 0.676. The molecule has 0 saturated heterocycles. The predicted molar refractivity (Wildman–Crippen MR) is 102 cm³/mol. The van der Waals surface area contributed by atoms with Gasteiger partial charge in [0.2, 0.25) is 0 Å². The van der Waals surface area contributed by atoms with Gasteiger partial charge >= 0.3 is 6.18 Å². The Bertz CT molecular complexity index is 1040. The summed E-state index contributed by atoms with van der Waals surface area (Å²) in [6.45, 7) is -0.0345. The van der Waals surface area contributed by atoms with Crippen molar-refractivity contribution in [3.05, 3.63) is 76.7 Å².